The molecular weight excluding hydrogens is 433 g/mol. The Kier molecular flexibility index (Phi) is 6.51. The van der Waals surface area contributed by atoms with Crippen LogP contribution in [0.25, 0.3) is 11.5 Å². The summed E-state index contributed by atoms with van der Waals surface area (Å²) in [5.41, 5.74) is 1.47. The molecule has 1 saturated heterocycles. The van der Waals surface area contributed by atoms with Gasteiger partial charge in [0.2, 0.25) is 5.91 Å². The van der Waals surface area contributed by atoms with E-state index >= 15 is 0 Å². The largest absolute Gasteiger partial charge is 0.416 e. The van der Waals surface area contributed by atoms with Crippen LogP contribution in [0.1, 0.15) is 35.4 Å². The van der Waals surface area contributed by atoms with Crippen LogP contribution in [0.3, 0.4) is 0 Å². The number of hydrogen-bond acceptors (Lipinski definition) is 5. The number of amides is 1. The van der Waals surface area contributed by atoms with Crippen LogP contribution in [0.4, 0.5) is 18.9 Å². The van der Waals surface area contributed by atoms with E-state index in [1.807, 2.05) is 31.2 Å². The molecule has 0 spiro atoms. The van der Waals surface area contributed by atoms with Crippen LogP contribution >= 0.6 is 0 Å². The first-order chi connectivity index (χ1) is 15.7. The lowest BCUT2D eigenvalue weighted by molar-refractivity contribution is -0.138. The van der Waals surface area contributed by atoms with E-state index < -0.39 is 11.7 Å². The summed E-state index contributed by atoms with van der Waals surface area (Å²) in [7, 11) is 0. The molecule has 1 fully saturated rings. The molecular formula is C24H25F3N4O2. The highest BCUT2D eigenvalue weighted by Gasteiger charge is 2.33. The van der Waals surface area contributed by atoms with Crippen molar-refractivity contribution >= 4 is 11.6 Å². The van der Waals surface area contributed by atoms with Gasteiger partial charge in [0.1, 0.15) is 0 Å². The normalized spacial score (nSPS) is 15.5. The number of rotatable bonds is 5. The van der Waals surface area contributed by atoms with Crippen LogP contribution in [0.15, 0.2) is 47.0 Å². The maximum atomic E-state index is 13.1. The molecule has 0 unspecified atom stereocenters. The first kappa shape index (κ1) is 23.0. The highest BCUT2D eigenvalue weighted by molar-refractivity contribution is 5.93. The first-order valence-corrected chi connectivity index (χ1v) is 10.8. The van der Waals surface area contributed by atoms with E-state index in [2.05, 4.69) is 20.4 Å². The first-order valence-electron chi connectivity index (χ1n) is 10.8. The standard InChI is InChI=1S/C24H25F3N4O2/c1-15-5-3-6-18(13-15)23-29-21(30-33-23)14-31-11-9-17(10-12-31)22(32)28-20-8-4-7-19(16(20)2)24(25,26)27/h3-8,13,17H,9-12,14H2,1-2H3,(H,28,32). The third-order valence-electron chi connectivity index (χ3n) is 5.95. The van der Waals surface area contributed by atoms with Crippen molar-refractivity contribution in [3.63, 3.8) is 0 Å². The maximum absolute atomic E-state index is 13.1. The average Bonchev–Trinajstić information content (AvgIpc) is 3.23. The van der Waals surface area contributed by atoms with Gasteiger partial charge in [0.25, 0.3) is 5.89 Å². The Morgan fingerprint density at radius 1 is 1.15 bits per heavy atom. The van der Waals surface area contributed by atoms with E-state index in [0.29, 0.717) is 44.2 Å². The number of alkyl halides is 3. The van der Waals surface area contributed by atoms with Gasteiger partial charge in [-0.05, 0) is 69.6 Å². The molecule has 1 amide bonds. The van der Waals surface area contributed by atoms with Gasteiger partial charge in [-0.1, -0.05) is 28.9 Å². The molecule has 0 radical (unpaired) electrons. The maximum Gasteiger partial charge on any atom is 0.416 e. The van der Waals surface area contributed by atoms with E-state index in [0.717, 1.165) is 17.2 Å². The van der Waals surface area contributed by atoms with Gasteiger partial charge in [0.05, 0.1) is 12.1 Å². The number of nitrogens with one attached hydrogen (secondary N) is 1. The lowest BCUT2D eigenvalue weighted by Crippen LogP contribution is -2.38. The van der Waals surface area contributed by atoms with Crippen molar-refractivity contribution in [1.29, 1.82) is 0 Å². The Morgan fingerprint density at radius 2 is 1.88 bits per heavy atom. The topological polar surface area (TPSA) is 71.3 Å². The highest BCUT2D eigenvalue weighted by atomic mass is 19.4. The highest BCUT2D eigenvalue weighted by Crippen LogP contribution is 2.35. The van der Waals surface area contributed by atoms with E-state index in [4.69, 9.17) is 4.52 Å². The number of carbonyl (C=O) groups is 1. The molecule has 0 bridgehead atoms. The number of anilines is 1. The third kappa shape index (κ3) is 5.42. The molecule has 1 aromatic heterocycles. The molecule has 4 rings (SSSR count). The number of piperidine rings is 1. The van der Waals surface area contributed by atoms with Gasteiger partial charge in [0.15, 0.2) is 5.82 Å². The fourth-order valence-electron chi connectivity index (χ4n) is 4.08. The molecule has 33 heavy (non-hydrogen) atoms. The van der Waals surface area contributed by atoms with Crippen molar-refractivity contribution in [2.24, 2.45) is 5.92 Å². The molecule has 0 saturated carbocycles. The van der Waals surface area contributed by atoms with Crippen LogP contribution in [0.2, 0.25) is 0 Å². The predicted octanol–water partition coefficient (Wildman–Crippen LogP) is 5.22. The van der Waals surface area contributed by atoms with Crippen molar-refractivity contribution in [2.75, 3.05) is 18.4 Å². The summed E-state index contributed by atoms with van der Waals surface area (Å²) >= 11 is 0. The number of hydrogen-bond donors (Lipinski definition) is 1. The summed E-state index contributed by atoms with van der Waals surface area (Å²) in [5, 5.41) is 6.75. The zero-order valence-electron chi connectivity index (χ0n) is 18.4. The summed E-state index contributed by atoms with van der Waals surface area (Å²) < 4.78 is 44.8. The minimum Gasteiger partial charge on any atom is -0.334 e. The molecule has 1 aliphatic heterocycles. The number of halogens is 3. The van der Waals surface area contributed by atoms with Gasteiger partial charge in [-0.15, -0.1) is 0 Å². The molecule has 2 heterocycles. The van der Waals surface area contributed by atoms with Gasteiger partial charge in [-0.2, -0.15) is 18.2 Å². The second kappa shape index (κ2) is 9.35. The molecule has 174 valence electrons. The predicted molar refractivity (Wildman–Crippen MR) is 117 cm³/mol. The SMILES string of the molecule is Cc1cccc(-c2nc(CN3CCC(C(=O)Nc4cccc(C(F)(F)F)c4C)CC3)no2)c1. The zero-order chi connectivity index (χ0) is 23.6. The fourth-order valence-corrected chi connectivity index (χ4v) is 4.08. The van der Waals surface area contributed by atoms with Crippen LogP contribution < -0.4 is 5.32 Å². The molecule has 0 atom stereocenters. The van der Waals surface area contributed by atoms with Gasteiger partial charge in [-0.25, -0.2) is 0 Å². The molecule has 1 N–H and O–H groups in total. The number of likely N-dealkylation sites (tertiary alicyclic amines) is 1. The monoisotopic (exact) mass is 458 g/mol. The Labute approximate surface area is 189 Å². The zero-order valence-corrected chi connectivity index (χ0v) is 18.4. The Bertz CT molecular complexity index is 1130. The van der Waals surface area contributed by atoms with E-state index in [-0.39, 0.29) is 23.1 Å². The number of nitrogens with zero attached hydrogens (tertiary/aromatic N) is 3. The third-order valence-corrected chi connectivity index (χ3v) is 5.95. The smallest absolute Gasteiger partial charge is 0.334 e. The number of carbonyl (C=O) groups excluding carboxylic acids is 1. The molecule has 6 nitrogen and oxygen atoms in total. The van der Waals surface area contributed by atoms with Gasteiger partial charge in [-0.3, -0.25) is 9.69 Å². The van der Waals surface area contributed by atoms with Crippen molar-refractivity contribution in [2.45, 2.75) is 39.4 Å². The summed E-state index contributed by atoms with van der Waals surface area (Å²) in [6, 6.07) is 11.7. The second-order valence-electron chi connectivity index (χ2n) is 8.40. The molecule has 1 aliphatic rings. The Balaban J connectivity index is 1.32. The van der Waals surface area contributed by atoms with Gasteiger partial charge in [0, 0.05) is 17.2 Å². The fraction of sp³-hybridized carbons (Fsp3) is 0.375. The summed E-state index contributed by atoms with van der Waals surface area (Å²) in [5.74, 6) is 0.537. The van der Waals surface area contributed by atoms with Crippen LogP contribution in [-0.2, 0) is 17.5 Å². The van der Waals surface area contributed by atoms with Gasteiger partial charge < -0.3 is 9.84 Å². The van der Waals surface area contributed by atoms with E-state index in [1.165, 1.54) is 19.1 Å². The van der Waals surface area contributed by atoms with Crippen molar-refractivity contribution in [1.82, 2.24) is 15.0 Å². The summed E-state index contributed by atoms with van der Waals surface area (Å²) in [6.45, 7) is 5.20. The lowest BCUT2D eigenvalue weighted by Gasteiger charge is -2.30. The van der Waals surface area contributed by atoms with Crippen LogP contribution in [0, 0.1) is 19.8 Å². The lowest BCUT2D eigenvalue weighted by atomic mass is 9.95. The molecule has 2 aromatic carbocycles. The van der Waals surface area contributed by atoms with E-state index in [1.54, 1.807) is 0 Å². The summed E-state index contributed by atoms with van der Waals surface area (Å²) in [6.07, 6.45) is -3.25. The second-order valence-corrected chi connectivity index (χ2v) is 8.40. The van der Waals surface area contributed by atoms with Crippen molar-refractivity contribution in [3.8, 4) is 11.5 Å². The van der Waals surface area contributed by atoms with E-state index in [9.17, 15) is 18.0 Å². The quantitative estimate of drug-likeness (QED) is 0.567. The molecule has 0 aliphatic carbocycles. The minimum atomic E-state index is -4.45. The number of aromatic nitrogens is 2. The Morgan fingerprint density at radius 3 is 2.58 bits per heavy atom. The minimum absolute atomic E-state index is 0.0253. The van der Waals surface area contributed by atoms with Crippen LogP contribution in [0.5, 0.6) is 0 Å². The molecule has 9 heteroatoms. The van der Waals surface area contributed by atoms with Crippen LogP contribution in [-0.4, -0.2) is 34.0 Å². The molecule has 3 aromatic rings. The average molecular weight is 458 g/mol. The van der Waals surface area contributed by atoms with Crippen molar-refractivity contribution < 1.29 is 22.5 Å². The number of benzene rings is 2. The van der Waals surface area contributed by atoms with Crippen molar-refractivity contribution in [3.05, 3.63) is 65.0 Å². The number of aryl methyl sites for hydroxylation is 1. The van der Waals surface area contributed by atoms with Gasteiger partial charge >= 0.3 is 6.18 Å². The summed E-state index contributed by atoms with van der Waals surface area (Å²) in [4.78, 5) is 19.3. The Hall–Kier alpha value is -3.20.